The number of benzene rings is 1. The zero-order valence-electron chi connectivity index (χ0n) is 22.5. The van der Waals surface area contributed by atoms with Crippen molar-refractivity contribution in [2.45, 2.75) is 66.7 Å². The number of ketones is 1. The Morgan fingerprint density at radius 3 is 2.36 bits per heavy atom. The summed E-state index contributed by atoms with van der Waals surface area (Å²) in [6.07, 6.45) is -0.225. The van der Waals surface area contributed by atoms with Crippen LogP contribution in [0, 0.1) is 17.3 Å². The predicted octanol–water partition coefficient (Wildman–Crippen LogP) is 3.28. The third kappa shape index (κ3) is 8.21. The molecule has 1 aromatic heterocycles. The van der Waals surface area contributed by atoms with E-state index < -0.39 is 23.5 Å². The standard InChI is InChI=1S/C26H39N3O6.H3N/c1-16(2)13-20(25(32)27-24(17(3)30)26(4,5)6)22(15-35-28-33)34-14-18-9-8-10-21-19(18)11-12-23(31)29(21)7;/h8-12,16,20,22,24,28,33H,13-15H2,1-7H3,(H,27,32);1H3/t20-,22?,24-;/m1./s1. The highest BCUT2D eigenvalue weighted by molar-refractivity contribution is 5.89. The lowest BCUT2D eigenvalue weighted by Crippen LogP contribution is -2.52. The summed E-state index contributed by atoms with van der Waals surface area (Å²) >= 11 is 0. The number of hydrogen-bond acceptors (Lipinski definition) is 8. The first-order valence-corrected chi connectivity index (χ1v) is 11.9. The molecule has 3 atom stereocenters. The number of carbonyl (C=O) groups excluding carboxylic acids is 2. The molecule has 0 radical (unpaired) electrons. The Morgan fingerprint density at radius 1 is 1.14 bits per heavy atom. The summed E-state index contributed by atoms with van der Waals surface area (Å²) in [7, 11) is 1.71. The molecule has 10 heteroatoms. The minimum Gasteiger partial charge on any atom is -0.370 e. The van der Waals surface area contributed by atoms with Crippen molar-refractivity contribution >= 4 is 22.6 Å². The van der Waals surface area contributed by atoms with Gasteiger partial charge in [-0.25, -0.2) is 0 Å². The second-order valence-electron chi connectivity index (χ2n) is 10.5. The third-order valence-electron chi connectivity index (χ3n) is 6.09. The second-order valence-corrected chi connectivity index (χ2v) is 10.5. The van der Waals surface area contributed by atoms with Gasteiger partial charge in [0.1, 0.15) is 0 Å². The number of Topliss-reactive ketones (excluding diaryl/α,β-unsaturated/α-hetero) is 1. The zero-order chi connectivity index (χ0) is 26.3. The molecule has 2 aromatic rings. The number of rotatable bonds is 12. The van der Waals surface area contributed by atoms with Gasteiger partial charge in [-0.1, -0.05) is 52.4 Å². The van der Waals surface area contributed by atoms with E-state index in [1.54, 1.807) is 23.3 Å². The fourth-order valence-corrected chi connectivity index (χ4v) is 4.30. The summed E-state index contributed by atoms with van der Waals surface area (Å²) in [4.78, 5) is 42.7. The average molecular weight is 507 g/mol. The number of pyridine rings is 1. The van der Waals surface area contributed by atoms with Crippen LogP contribution >= 0.6 is 0 Å². The van der Waals surface area contributed by atoms with Gasteiger partial charge >= 0.3 is 0 Å². The highest BCUT2D eigenvalue weighted by Gasteiger charge is 2.36. The molecular formula is C26H42N4O6. The van der Waals surface area contributed by atoms with Crippen molar-refractivity contribution in [2.75, 3.05) is 6.61 Å². The van der Waals surface area contributed by atoms with E-state index in [1.807, 2.05) is 52.8 Å². The number of fused-ring (bicyclic) bond motifs is 1. The quantitative estimate of drug-likeness (QED) is 0.320. The van der Waals surface area contributed by atoms with Crippen LogP contribution in [0.3, 0.4) is 0 Å². The van der Waals surface area contributed by atoms with Crippen LogP contribution in [-0.4, -0.2) is 40.2 Å². The van der Waals surface area contributed by atoms with Gasteiger partial charge in [0.2, 0.25) is 5.91 Å². The van der Waals surface area contributed by atoms with Crippen molar-refractivity contribution in [3.05, 3.63) is 46.2 Å². The van der Waals surface area contributed by atoms with Gasteiger partial charge in [0.25, 0.3) is 5.56 Å². The molecule has 0 saturated heterocycles. The number of ether oxygens (including phenoxy) is 1. The number of amides is 1. The normalized spacial score (nSPS) is 14.2. The smallest absolute Gasteiger partial charge is 0.250 e. The van der Waals surface area contributed by atoms with Gasteiger partial charge in [0.05, 0.1) is 36.8 Å². The Balaban J connectivity index is 0.00000648. The van der Waals surface area contributed by atoms with Crippen molar-refractivity contribution in [1.29, 1.82) is 0 Å². The van der Waals surface area contributed by atoms with E-state index in [9.17, 15) is 14.4 Å². The Labute approximate surface area is 212 Å². The molecule has 0 fully saturated rings. The number of carbonyl (C=O) groups is 2. The van der Waals surface area contributed by atoms with Gasteiger partial charge < -0.3 is 20.8 Å². The molecular weight excluding hydrogens is 464 g/mol. The molecule has 0 bridgehead atoms. The molecule has 1 aromatic carbocycles. The predicted molar refractivity (Wildman–Crippen MR) is 139 cm³/mol. The maximum Gasteiger partial charge on any atom is 0.250 e. The Hall–Kier alpha value is -2.63. The van der Waals surface area contributed by atoms with Crippen LogP contribution in [0.5, 0.6) is 0 Å². The number of aromatic nitrogens is 1. The van der Waals surface area contributed by atoms with Crippen LogP contribution < -0.4 is 22.7 Å². The van der Waals surface area contributed by atoms with Gasteiger partial charge in [-0.05, 0) is 42.4 Å². The summed E-state index contributed by atoms with van der Waals surface area (Å²) in [5.74, 6) is -0.898. The van der Waals surface area contributed by atoms with Crippen molar-refractivity contribution in [3.8, 4) is 0 Å². The molecule has 0 aliphatic rings. The molecule has 1 amide bonds. The minimum absolute atomic E-state index is 0. The molecule has 6 N–H and O–H groups in total. The van der Waals surface area contributed by atoms with Gasteiger partial charge in [-0.2, -0.15) is 0 Å². The number of hydrogen-bond donors (Lipinski definition) is 4. The third-order valence-corrected chi connectivity index (χ3v) is 6.09. The van der Waals surface area contributed by atoms with Gasteiger partial charge in [0.15, 0.2) is 5.78 Å². The first kappa shape index (κ1) is 31.4. The fourth-order valence-electron chi connectivity index (χ4n) is 4.30. The minimum atomic E-state index is -0.715. The van der Waals surface area contributed by atoms with Crippen molar-refractivity contribution in [2.24, 2.45) is 24.3 Å². The number of nitrogens with zero attached hydrogens (tertiary/aromatic N) is 1. The van der Waals surface area contributed by atoms with Gasteiger partial charge in [-0.3, -0.25) is 24.4 Å². The molecule has 2 rings (SSSR count). The lowest BCUT2D eigenvalue weighted by atomic mass is 9.83. The molecule has 1 unspecified atom stereocenters. The van der Waals surface area contributed by atoms with Crippen molar-refractivity contribution in [1.82, 2.24) is 21.7 Å². The molecule has 0 aliphatic carbocycles. The van der Waals surface area contributed by atoms with Crippen LogP contribution in [0.15, 0.2) is 35.1 Å². The maximum absolute atomic E-state index is 13.4. The summed E-state index contributed by atoms with van der Waals surface area (Å²) in [5.41, 5.74) is 2.72. The highest BCUT2D eigenvalue weighted by atomic mass is 16.8. The average Bonchev–Trinajstić information content (AvgIpc) is 2.77. The van der Waals surface area contributed by atoms with Crippen molar-refractivity contribution in [3.63, 3.8) is 0 Å². The SMILES string of the molecule is CC(=O)[C@@H](NC(=O)[C@H](CC(C)C)C(CONO)OCc1cccc2c1ccc(=O)n2C)C(C)(C)C.N. The number of aryl methyl sites for hydroxylation is 1. The molecule has 10 nitrogen and oxygen atoms in total. The van der Waals surface area contributed by atoms with Gasteiger partial charge in [0, 0.05) is 18.5 Å². The summed E-state index contributed by atoms with van der Waals surface area (Å²) in [6.45, 7) is 11.2. The van der Waals surface area contributed by atoms with Gasteiger partial charge in [-0.15, -0.1) is 0 Å². The lowest BCUT2D eigenvalue weighted by molar-refractivity contribution is -0.170. The molecule has 36 heavy (non-hydrogen) atoms. The molecule has 0 spiro atoms. The Morgan fingerprint density at radius 2 is 1.81 bits per heavy atom. The van der Waals surface area contributed by atoms with E-state index in [4.69, 9.17) is 14.8 Å². The van der Waals surface area contributed by atoms with Crippen molar-refractivity contribution < 1.29 is 24.4 Å². The molecule has 0 aliphatic heterocycles. The maximum atomic E-state index is 13.4. The van der Waals surface area contributed by atoms with Crippen LogP contribution in [-0.2, 0) is 32.8 Å². The molecule has 202 valence electrons. The van der Waals surface area contributed by atoms with E-state index in [-0.39, 0.29) is 42.5 Å². The molecule has 1 heterocycles. The van der Waals surface area contributed by atoms with Crippen LogP contribution in [0.1, 0.15) is 53.5 Å². The first-order chi connectivity index (χ1) is 16.4. The van der Waals surface area contributed by atoms with E-state index in [0.717, 1.165) is 16.5 Å². The van der Waals surface area contributed by atoms with Crippen LogP contribution in [0.25, 0.3) is 10.9 Å². The lowest BCUT2D eigenvalue weighted by Gasteiger charge is -2.33. The van der Waals surface area contributed by atoms with Crippen LogP contribution in [0.4, 0.5) is 0 Å². The summed E-state index contributed by atoms with van der Waals surface area (Å²) < 4.78 is 7.78. The van der Waals surface area contributed by atoms with E-state index in [2.05, 4.69) is 5.32 Å². The summed E-state index contributed by atoms with van der Waals surface area (Å²) in [6, 6.07) is 8.22. The number of nitrogens with one attached hydrogen (secondary N) is 2. The monoisotopic (exact) mass is 506 g/mol. The highest BCUT2D eigenvalue weighted by Crippen LogP contribution is 2.25. The Kier molecular flexibility index (Phi) is 11.9. The van der Waals surface area contributed by atoms with Crippen LogP contribution in [0.2, 0.25) is 0 Å². The van der Waals surface area contributed by atoms with E-state index in [0.29, 0.717) is 6.42 Å². The largest absolute Gasteiger partial charge is 0.370 e. The first-order valence-electron chi connectivity index (χ1n) is 11.9. The summed E-state index contributed by atoms with van der Waals surface area (Å²) in [5, 5.41) is 12.8. The molecule has 0 saturated carbocycles. The Bertz CT molecular complexity index is 1080. The zero-order valence-corrected chi connectivity index (χ0v) is 22.5. The fraction of sp³-hybridized carbons (Fsp3) is 0.577. The van der Waals surface area contributed by atoms with E-state index in [1.165, 1.54) is 13.0 Å². The van der Waals surface area contributed by atoms with E-state index >= 15 is 0 Å². The second kappa shape index (κ2) is 13.6. The topological polar surface area (TPSA) is 154 Å².